The Bertz CT molecular complexity index is 932. The van der Waals surface area contributed by atoms with Gasteiger partial charge in [-0.25, -0.2) is 17.7 Å². The van der Waals surface area contributed by atoms with E-state index in [4.69, 9.17) is 15.6 Å². The van der Waals surface area contributed by atoms with Crippen LogP contribution in [0.4, 0.5) is 0 Å². The molecule has 10 nitrogen and oxygen atoms in total. The number of carbonyl (C=O) groups is 1. The molecule has 1 amide bonds. The summed E-state index contributed by atoms with van der Waals surface area (Å²) in [6.07, 6.45) is 5.79. The van der Waals surface area contributed by atoms with Crippen LogP contribution in [0.15, 0.2) is 34.1 Å². The molecule has 0 saturated carbocycles. The van der Waals surface area contributed by atoms with Crippen molar-refractivity contribution >= 4 is 21.9 Å². The fraction of sp³-hybridized carbons (Fsp3) is 0.400. The zero-order valence-electron chi connectivity index (χ0n) is 14.4. The molecule has 1 aliphatic heterocycles. The molecule has 0 unspecified atom stereocenters. The second kappa shape index (κ2) is 6.25. The number of nitrogens with zero attached hydrogens (tertiary/aromatic N) is 2. The number of rotatable bonds is 3. The summed E-state index contributed by atoms with van der Waals surface area (Å²) < 4.78 is 30.3. The average Bonchev–Trinajstić information content (AvgIpc) is 2.99. The van der Waals surface area contributed by atoms with E-state index in [1.54, 1.807) is 13.0 Å². The Balaban J connectivity index is 1.81. The first-order valence-electron chi connectivity index (χ1n) is 7.88. The number of sulfonamides is 1. The smallest absolute Gasteiger partial charge is 0.277 e. The molecule has 5 N–H and O–H groups in total. The zero-order valence-corrected chi connectivity index (χ0v) is 15.2. The summed E-state index contributed by atoms with van der Waals surface area (Å²) in [6, 6.07) is 0. The third-order valence-electron chi connectivity index (χ3n) is 4.27. The van der Waals surface area contributed by atoms with Gasteiger partial charge in [-0.3, -0.25) is 10.2 Å². The summed E-state index contributed by atoms with van der Waals surface area (Å²) in [5, 5.41) is 13.3. The molecular weight excluding hydrogens is 360 g/mol. The van der Waals surface area contributed by atoms with E-state index in [2.05, 4.69) is 15.6 Å². The van der Waals surface area contributed by atoms with Gasteiger partial charge in [0.2, 0.25) is 16.0 Å². The van der Waals surface area contributed by atoms with E-state index >= 15 is 0 Å². The van der Waals surface area contributed by atoms with Crippen molar-refractivity contribution in [1.82, 2.24) is 19.9 Å². The first-order chi connectivity index (χ1) is 12.1. The maximum absolute atomic E-state index is 12.2. The van der Waals surface area contributed by atoms with Crippen molar-refractivity contribution in [3.05, 3.63) is 41.3 Å². The number of hydrogen-bond donors (Lipinski definition) is 4. The van der Waals surface area contributed by atoms with Crippen molar-refractivity contribution in [2.45, 2.75) is 25.4 Å². The molecule has 2 aliphatic rings. The number of carbonyl (C=O) groups excluding carboxylic acids is 1. The molecule has 11 heteroatoms. The van der Waals surface area contributed by atoms with E-state index in [0.717, 1.165) is 4.31 Å². The van der Waals surface area contributed by atoms with Crippen LogP contribution in [0.3, 0.4) is 0 Å². The van der Waals surface area contributed by atoms with Gasteiger partial charge in [0.25, 0.3) is 5.91 Å². The van der Waals surface area contributed by atoms with Gasteiger partial charge in [-0.05, 0) is 24.5 Å². The second-order valence-corrected chi connectivity index (χ2v) is 8.24. The summed E-state index contributed by atoms with van der Waals surface area (Å²) in [4.78, 5) is 16.2. The van der Waals surface area contributed by atoms with Crippen LogP contribution in [-0.2, 0) is 10.0 Å². The minimum absolute atomic E-state index is 0.146. The van der Waals surface area contributed by atoms with Gasteiger partial charge in [0.1, 0.15) is 17.7 Å². The third kappa shape index (κ3) is 3.35. The molecule has 0 aromatic carbocycles. The monoisotopic (exact) mass is 380 g/mol. The van der Waals surface area contributed by atoms with Gasteiger partial charge in [0.05, 0.1) is 0 Å². The minimum Gasteiger partial charge on any atom is -0.448 e. The van der Waals surface area contributed by atoms with E-state index in [9.17, 15) is 13.2 Å². The largest absolute Gasteiger partial charge is 0.448 e. The van der Waals surface area contributed by atoms with E-state index in [0.29, 0.717) is 30.0 Å². The van der Waals surface area contributed by atoms with Crippen LogP contribution in [-0.4, -0.2) is 48.0 Å². The summed E-state index contributed by atoms with van der Waals surface area (Å²) >= 11 is 0. The standard InChI is InChI=1S/C15H20N6O4S/c1-9-18-12(7-25-9)13(22)19-11-5-3-4-10(6-11)15(17)8-26(23,24)21(2)14(16)20-15/h5-7H,3-4,8,17H2,1-2H3,(H2,16,20)(H,19,22)/t15-/m0/s1. The van der Waals surface area contributed by atoms with Crippen molar-refractivity contribution in [3.8, 4) is 0 Å². The number of allylic oxidation sites excluding steroid dienone is 2. The third-order valence-corrected chi connectivity index (χ3v) is 6.11. The molecule has 1 saturated heterocycles. The highest BCUT2D eigenvalue weighted by Crippen LogP contribution is 2.27. The van der Waals surface area contributed by atoms with E-state index in [1.807, 2.05) is 6.08 Å². The lowest BCUT2D eigenvalue weighted by atomic mass is 9.92. The topological polar surface area (TPSA) is 154 Å². The number of aryl methyl sites for hydroxylation is 1. The normalized spacial score (nSPS) is 25.2. The predicted molar refractivity (Wildman–Crippen MR) is 93.4 cm³/mol. The molecule has 1 fully saturated rings. The second-order valence-electron chi connectivity index (χ2n) is 6.24. The van der Waals surface area contributed by atoms with Crippen molar-refractivity contribution < 1.29 is 17.6 Å². The summed E-state index contributed by atoms with van der Waals surface area (Å²) in [7, 11) is -2.40. The van der Waals surface area contributed by atoms with Crippen LogP contribution in [0.25, 0.3) is 0 Å². The highest BCUT2D eigenvalue weighted by atomic mass is 32.2. The molecular formula is C15H20N6O4S. The van der Waals surface area contributed by atoms with E-state index in [1.165, 1.54) is 13.3 Å². The minimum atomic E-state index is -3.70. The van der Waals surface area contributed by atoms with Gasteiger partial charge in [-0.2, -0.15) is 0 Å². The molecule has 0 spiro atoms. The van der Waals surface area contributed by atoms with E-state index in [-0.39, 0.29) is 17.4 Å². The van der Waals surface area contributed by atoms with Gasteiger partial charge < -0.3 is 20.8 Å². The van der Waals surface area contributed by atoms with Crippen molar-refractivity contribution in [1.29, 1.82) is 5.41 Å². The highest BCUT2D eigenvalue weighted by Gasteiger charge is 2.43. The number of guanidine groups is 1. The quantitative estimate of drug-likeness (QED) is 0.564. The Morgan fingerprint density at radius 3 is 2.88 bits per heavy atom. The molecule has 1 aliphatic carbocycles. The van der Waals surface area contributed by atoms with Crippen molar-refractivity contribution in [2.75, 3.05) is 12.8 Å². The molecule has 1 atom stereocenters. The molecule has 26 heavy (non-hydrogen) atoms. The summed E-state index contributed by atoms with van der Waals surface area (Å²) in [6.45, 7) is 1.63. The lowest BCUT2D eigenvalue weighted by Gasteiger charge is -2.41. The lowest BCUT2D eigenvalue weighted by molar-refractivity contribution is 0.0961. The molecule has 1 aromatic heterocycles. The van der Waals surface area contributed by atoms with Crippen molar-refractivity contribution in [2.24, 2.45) is 5.73 Å². The highest BCUT2D eigenvalue weighted by molar-refractivity contribution is 7.89. The van der Waals surface area contributed by atoms with Crippen LogP contribution >= 0.6 is 0 Å². The Kier molecular flexibility index (Phi) is 4.36. The SMILES string of the molecule is Cc1nc(C(=O)NC2=CCCC([C@]3(N)CS(=O)(=O)N(C)C(=N)N3)=C2)co1. The summed E-state index contributed by atoms with van der Waals surface area (Å²) in [5.74, 6) is -0.732. The number of nitrogens with two attached hydrogens (primary N) is 1. The molecule has 1 aromatic rings. The first-order valence-corrected chi connectivity index (χ1v) is 9.48. The first kappa shape index (κ1) is 18.1. The number of nitrogens with one attached hydrogen (secondary N) is 3. The van der Waals surface area contributed by atoms with Gasteiger partial charge in [-0.1, -0.05) is 6.08 Å². The Labute approximate surface area is 150 Å². The predicted octanol–water partition coefficient (Wildman–Crippen LogP) is -0.229. The van der Waals surface area contributed by atoms with E-state index < -0.39 is 21.6 Å². The number of amides is 1. The Morgan fingerprint density at radius 2 is 2.27 bits per heavy atom. The molecule has 2 heterocycles. The number of hydrogen-bond acceptors (Lipinski definition) is 7. The Morgan fingerprint density at radius 1 is 1.54 bits per heavy atom. The van der Waals surface area contributed by atoms with Crippen LogP contribution in [0, 0.1) is 12.3 Å². The average molecular weight is 380 g/mol. The van der Waals surface area contributed by atoms with Crippen LogP contribution < -0.4 is 16.4 Å². The van der Waals surface area contributed by atoms with Gasteiger partial charge in [0.15, 0.2) is 11.6 Å². The summed E-state index contributed by atoms with van der Waals surface area (Å²) in [5.41, 5.74) is 6.10. The maximum Gasteiger partial charge on any atom is 0.277 e. The molecule has 3 rings (SSSR count). The Hall–Kier alpha value is -2.66. The van der Waals surface area contributed by atoms with Crippen LogP contribution in [0.5, 0.6) is 0 Å². The lowest BCUT2D eigenvalue weighted by Crippen LogP contribution is -2.69. The van der Waals surface area contributed by atoms with Gasteiger partial charge in [0, 0.05) is 19.7 Å². The maximum atomic E-state index is 12.2. The number of aromatic nitrogens is 1. The molecule has 0 bridgehead atoms. The van der Waals surface area contributed by atoms with Crippen LogP contribution in [0.1, 0.15) is 29.2 Å². The van der Waals surface area contributed by atoms with Crippen LogP contribution in [0.2, 0.25) is 0 Å². The van der Waals surface area contributed by atoms with Gasteiger partial charge in [-0.15, -0.1) is 0 Å². The van der Waals surface area contributed by atoms with Crippen molar-refractivity contribution in [3.63, 3.8) is 0 Å². The van der Waals surface area contributed by atoms with Gasteiger partial charge >= 0.3 is 0 Å². The molecule has 140 valence electrons. The fourth-order valence-electron chi connectivity index (χ4n) is 2.83. The number of oxazole rings is 1. The molecule has 0 radical (unpaired) electrons. The zero-order chi connectivity index (χ0) is 19.1. The fourth-order valence-corrected chi connectivity index (χ4v) is 4.18.